The van der Waals surface area contributed by atoms with Gasteiger partial charge in [-0.05, 0) is 50.2 Å². The van der Waals surface area contributed by atoms with Crippen LogP contribution in [-0.4, -0.2) is 18.8 Å². The third-order valence-corrected chi connectivity index (χ3v) is 4.14. The van der Waals surface area contributed by atoms with Crippen LogP contribution in [0.2, 0.25) is 5.02 Å². The summed E-state index contributed by atoms with van der Waals surface area (Å²) in [7, 11) is 0. The van der Waals surface area contributed by atoms with Gasteiger partial charge in [0.25, 0.3) is 0 Å². The van der Waals surface area contributed by atoms with Crippen molar-refractivity contribution in [2.45, 2.75) is 50.7 Å². The smallest absolute Gasteiger partial charge is 0.0575 e. The molecular weight excluding hydrogens is 260 g/mol. The highest BCUT2D eigenvalue weighted by molar-refractivity contribution is 6.31. The van der Waals surface area contributed by atoms with E-state index < -0.39 is 0 Å². The first kappa shape index (κ1) is 14.8. The maximum atomic E-state index is 6.18. The Hall–Kier alpha value is -0.610. The molecule has 2 atom stereocenters. The van der Waals surface area contributed by atoms with Crippen molar-refractivity contribution < 1.29 is 4.74 Å². The predicted octanol–water partition coefficient (Wildman–Crippen LogP) is 3.06. The van der Waals surface area contributed by atoms with E-state index in [9.17, 15) is 0 Å². The van der Waals surface area contributed by atoms with Crippen molar-refractivity contribution in [3.8, 4) is 0 Å². The molecule has 3 nitrogen and oxygen atoms in total. The van der Waals surface area contributed by atoms with Crippen molar-refractivity contribution in [3.05, 3.63) is 34.9 Å². The summed E-state index contributed by atoms with van der Waals surface area (Å²) < 4.78 is 5.75. The minimum Gasteiger partial charge on any atom is -0.378 e. The highest BCUT2D eigenvalue weighted by atomic mass is 35.5. The Labute approximate surface area is 120 Å². The fourth-order valence-electron chi connectivity index (χ4n) is 2.60. The molecule has 1 aromatic carbocycles. The average Bonchev–Trinajstić information content (AvgIpc) is 2.46. The molecule has 3 N–H and O–H groups in total. The molecule has 0 spiro atoms. The summed E-state index contributed by atoms with van der Waals surface area (Å²) in [5, 5.41) is 0.816. The van der Waals surface area contributed by atoms with Crippen LogP contribution < -0.4 is 11.3 Å². The van der Waals surface area contributed by atoms with Crippen LogP contribution in [0.1, 0.15) is 37.7 Å². The molecule has 1 saturated heterocycles. The Balaban J connectivity index is 1.81. The summed E-state index contributed by atoms with van der Waals surface area (Å²) in [6, 6.07) is 8.20. The van der Waals surface area contributed by atoms with Crippen LogP contribution >= 0.6 is 11.6 Å². The van der Waals surface area contributed by atoms with Crippen molar-refractivity contribution in [3.63, 3.8) is 0 Å². The first-order valence-corrected chi connectivity index (χ1v) is 7.48. The van der Waals surface area contributed by atoms with Gasteiger partial charge in [-0.15, -0.1) is 0 Å². The van der Waals surface area contributed by atoms with Crippen LogP contribution in [-0.2, 0) is 11.2 Å². The van der Waals surface area contributed by atoms with Gasteiger partial charge < -0.3 is 4.74 Å². The lowest BCUT2D eigenvalue weighted by molar-refractivity contribution is 0.00858. The van der Waals surface area contributed by atoms with Gasteiger partial charge in [-0.25, -0.2) is 0 Å². The third kappa shape index (κ3) is 4.77. The summed E-state index contributed by atoms with van der Waals surface area (Å²) in [6.07, 6.45) is 7.04. The lowest BCUT2D eigenvalue weighted by Gasteiger charge is -2.24. The molecule has 19 heavy (non-hydrogen) atoms. The second-order valence-electron chi connectivity index (χ2n) is 5.23. The number of nitrogens with two attached hydrogens (primary N) is 1. The number of hydrazine groups is 1. The summed E-state index contributed by atoms with van der Waals surface area (Å²) in [5.74, 6) is 5.65. The van der Waals surface area contributed by atoms with E-state index >= 15 is 0 Å². The van der Waals surface area contributed by atoms with Gasteiger partial charge >= 0.3 is 0 Å². The van der Waals surface area contributed by atoms with Crippen molar-refractivity contribution in [2.24, 2.45) is 5.84 Å². The highest BCUT2D eigenvalue weighted by Crippen LogP contribution is 2.21. The van der Waals surface area contributed by atoms with Crippen molar-refractivity contribution in [1.29, 1.82) is 0 Å². The van der Waals surface area contributed by atoms with Gasteiger partial charge in [0.15, 0.2) is 0 Å². The first-order chi connectivity index (χ1) is 9.29. The van der Waals surface area contributed by atoms with Crippen LogP contribution in [0.15, 0.2) is 24.3 Å². The maximum absolute atomic E-state index is 6.18. The van der Waals surface area contributed by atoms with Gasteiger partial charge in [0.1, 0.15) is 0 Å². The second-order valence-corrected chi connectivity index (χ2v) is 5.63. The molecule has 0 saturated carbocycles. The SMILES string of the molecule is NNC(CCC1CCCCO1)Cc1ccccc1Cl. The fraction of sp³-hybridized carbons (Fsp3) is 0.600. The van der Waals surface area contributed by atoms with Crippen LogP contribution in [0.4, 0.5) is 0 Å². The number of ether oxygens (including phenoxy) is 1. The summed E-state index contributed by atoms with van der Waals surface area (Å²) in [6.45, 7) is 0.913. The molecule has 0 amide bonds. The van der Waals surface area contributed by atoms with E-state index in [1.165, 1.54) is 19.3 Å². The third-order valence-electron chi connectivity index (χ3n) is 3.77. The van der Waals surface area contributed by atoms with Gasteiger partial charge in [-0.2, -0.15) is 0 Å². The average molecular weight is 283 g/mol. The van der Waals surface area contributed by atoms with Gasteiger partial charge in [0.05, 0.1) is 6.10 Å². The zero-order valence-corrected chi connectivity index (χ0v) is 12.0. The number of rotatable bonds is 6. The topological polar surface area (TPSA) is 47.3 Å². The standard InChI is InChI=1S/C15H23ClN2O/c16-15-7-2-1-5-12(15)11-13(18-17)8-9-14-6-3-4-10-19-14/h1-2,5,7,13-14,18H,3-4,6,8-11,17H2. The predicted molar refractivity (Wildman–Crippen MR) is 79.1 cm³/mol. The van der Waals surface area contributed by atoms with Gasteiger partial charge in [-0.3, -0.25) is 11.3 Å². The molecule has 1 aliphatic heterocycles. The largest absolute Gasteiger partial charge is 0.378 e. The van der Waals surface area contributed by atoms with Crippen molar-refractivity contribution in [2.75, 3.05) is 6.61 Å². The molecule has 1 aromatic rings. The molecule has 1 aliphatic rings. The number of hydrogen-bond donors (Lipinski definition) is 2. The zero-order chi connectivity index (χ0) is 13.5. The Bertz CT molecular complexity index is 380. The lowest BCUT2D eigenvalue weighted by atomic mass is 9.98. The zero-order valence-electron chi connectivity index (χ0n) is 11.3. The van der Waals surface area contributed by atoms with E-state index in [-0.39, 0.29) is 6.04 Å². The molecule has 1 fully saturated rings. The summed E-state index contributed by atoms with van der Waals surface area (Å²) in [5.41, 5.74) is 4.05. The lowest BCUT2D eigenvalue weighted by Crippen LogP contribution is -2.37. The van der Waals surface area contributed by atoms with Gasteiger partial charge in [0.2, 0.25) is 0 Å². The van der Waals surface area contributed by atoms with E-state index in [0.29, 0.717) is 6.10 Å². The Morgan fingerprint density at radius 2 is 2.21 bits per heavy atom. The molecule has 106 valence electrons. The normalized spacial score (nSPS) is 21.3. The fourth-order valence-corrected chi connectivity index (χ4v) is 2.81. The van der Waals surface area contributed by atoms with E-state index in [0.717, 1.165) is 36.5 Å². The molecule has 0 aromatic heterocycles. The molecule has 4 heteroatoms. The molecular formula is C15H23ClN2O. The summed E-state index contributed by atoms with van der Waals surface area (Å²) in [4.78, 5) is 0. The van der Waals surface area contributed by atoms with Crippen LogP contribution in [0.5, 0.6) is 0 Å². The molecule has 0 aliphatic carbocycles. The molecule has 2 rings (SSSR count). The van der Waals surface area contributed by atoms with E-state index in [2.05, 4.69) is 11.5 Å². The van der Waals surface area contributed by atoms with E-state index in [1.54, 1.807) is 0 Å². The van der Waals surface area contributed by atoms with Crippen molar-refractivity contribution in [1.82, 2.24) is 5.43 Å². The molecule has 0 radical (unpaired) electrons. The second kappa shape index (κ2) is 7.85. The minimum absolute atomic E-state index is 0.255. The molecule has 1 heterocycles. The van der Waals surface area contributed by atoms with E-state index in [4.69, 9.17) is 22.2 Å². The van der Waals surface area contributed by atoms with Crippen LogP contribution in [0.3, 0.4) is 0 Å². The van der Waals surface area contributed by atoms with E-state index in [1.807, 2.05) is 18.2 Å². The monoisotopic (exact) mass is 282 g/mol. The maximum Gasteiger partial charge on any atom is 0.0575 e. The Morgan fingerprint density at radius 1 is 1.37 bits per heavy atom. The molecule has 2 unspecified atom stereocenters. The van der Waals surface area contributed by atoms with Crippen LogP contribution in [0.25, 0.3) is 0 Å². The number of nitrogens with one attached hydrogen (secondary N) is 1. The highest BCUT2D eigenvalue weighted by Gasteiger charge is 2.17. The molecule has 0 bridgehead atoms. The Kier molecular flexibility index (Phi) is 6.11. The number of hydrogen-bond acceptors (Lipinski definition) is 3. The Morgan fingerprint density at radius 3 is 2.89 bits per heavy atom. The summed E-state index contributed by atoms with van der Waals surface area (Å²) >= 11 is 6.18. The van der Waals surface area contributed by atoms with Crippen LogP contribution in [0, 0.1) is 0 Å². The minimum atomic E-state index is 0.255. The quantitative estimate of drug-likeness (QED) is 0.623. The van der Waals surface area contributed by atoms with Gasteiger partial charge in [0, 0.05) is 17.7 Å². The number of halogens is 1. The van der Waals surface area contributed by atoms with Gasteiger partial charge in [-0.1, -0.05) is 29.8 Å². The first-order valence-electron chi connectivity index (χ1n) is 7.10. The van der Waals surface area contributed by atoms with Crippen molar-refractivity contribution >= 4 is 11.6 Å². The number of benzene rings is 1.